The van der Waals surface area contributed by atoms with Crippen LogP contribution in [0.3, 0.4) is 0 Å². The maximum atomic E-state index is 13.1. The zero-order valence-corrected chi connectivity index (χ0v) is 11.7. The van der Waals surface area contributed by atoms with Gasteiger partial charge in [-0.3, -0.25) is 0 Å². The first-order chi connectivity index (χ1) is 8.65. The molecule has 94 valence electrons. The van der Waals surface area contributed by atoms with Crippen LogP contribution in [0.4, 0.5) is 10.2 Å². The van der Waals surface area contributed by atoms with E-state index < -0.39 is 0 Å². The van der Waals surface area contributed by atoms with Crippen molar-refractivity contribution >= 4 is 21.7 Å². The predicted molar refractivity (Wildman–Crippen MR) is 75.3 cm³/mol. The van der Waals surface area contributed by atoms with Gasteiger partial charge in [0.25, 0.3) is 0 Å². The van der Waals surface area contributed by atoms with Crippen molar-refractivity contribution < 1.29 is 4.39 Å². The number of aromatic nitrogens is 1. The molecule has 0 aliphatic carbocycles. The second kappa shape index (κ2) is 5.96. The zero-order chi connectivity index (χ0) is 13.0. The van der Waals surface area contributed by atoms with Crippen LogP contribution in [-0.2, 0) is 6.42 Å². The van der Waals surface area contributed by atoms with Crippen LogP contribution in [0.15, 0.2) is 41.0 Å². The largest absolute Gasteiger partial charge is 0.370 e. The Kier molecular flexibility index (Phi) is 4.31. The van der Waals surface area contributed by atoms with Gasteiger partial charge in [-0.1, -0.05) is 12.1 Å². The maximum Gasteiger partial charge on any atom is 0.126 e. The summed E-state index contributed by atoms with van der Waals surface area (Å²) in [4.78, 5) is 4.22. The normalized spacial score (nSPS) is 10.4. The fourth-order valence-corrected chi connectivity index (χ4v) is 1.91. The van der Waals surface area contributed by atoms with Gasteiger partial charge < -0.3 is 5.32 Å². The second-order valence-corrected chi connectivity index (χ2v) is 5.04. The topological polar surface area (TPSA) is 24.9 Å². The molecule has 1 aromatic carbocycles. The van der Waals surface area contributed by atoms with Gasteiger partial charge in [-0.2, -0.15) is 0 Å². The molecule has 0 aliphatic heterocycles. The van der Waals surface area contributed by atoms with Gasteiger partial charge in [0.2, 0.25) is 0 Å². The van der Waals surface area contributed by atoms with Crippen LogP contribution in [0, 0.1) is 12.7 Å². The summed E-state index contributed by atoms with van der Waals surface area (Å²) in [6.45, 7) is 2.56. The van der Waals surface area contributed by atoms with Crippen molar-refractivity contribution in [2.45, 2.75) is 13.3 Å². The van der Waals surface area contributed by atoms with Crippen LogP contribution in [0.5, 0.6) is 0 Å². The summed E-state index contributed by atoms with van der Waals surface area (Å²) >= 11 is 3.34. The third-order valence-corrected chi connectivity index (χ3v) is 3.14. The van der Waals surface area contributed by atoms with E-state index in [1.54, 1.807) is 13.1 Å². The molecule has 0 radical (unpaired) electrons. The fraction of sp³-hybridized carbons (Fsp3) is 0.214. The van der Waals surface area contributed by atoms with E-state index in [1.807, 2.05) is 24.3 Å². The molecule has 0 saturated heterocycles. The average molecular weight is 309 g/mol. The number of anilines is 1. The minimum Gasteiger partial charge on any atom is -0.370 e. The molecule has 0 unspecified atom stereocenters. The maximum absolute atomic E-state index is 13.1. The van der Waals surface area contributed by atoms with Gasteiger partial charge in [0.05, 0.1) is 0 Å². The van der Waals surface area contributed by atoms with Crippen molar-refractivity contribution in [2.75, 3.05) is 11.9 Å². The summed E-state index contributed by atoms with van der Waals surface area (Å²) < 4.78 is 14.1. The number of rotatable bonds is 4. The third kappa shape index (κ3) is 3.53. The van der Waals surface area contributed by atoms with Crippen molar-refractivity contribution in [3.05, 3.63) is 57.9 Å². The smallest absolute Gasteiger partial charge is 0.126 e. The van der Waals surface area contributed by atoms with Gasteiger partial charge >= 0.3 is 0 Å². The van der Waals surface area contributed by atoms with E-state index in [-0.39, 0.29) is 5.82 Å². The Bertz CT molecular complexity index is 526. The van der Waals surface area contributed by atoms with E-state index in [0.717, 1.165) is 28.8 Å². The molecule has 0 spiro atoms. The first kappa shape index (κ1) is 13.0. The molecule has 4 heteroatoms. The van der Waals surface area contributed by atoms with Crippen molar-refractivity contribution in [3.63, 3.8) is 0 Å². The Morgan fingerprint density at radius 2 is 2.11 bits per heavy atom. The second-order valence-electron chi connectivity index (χ2n) is 4.12. The van der Waals surface area contributed by atoms with Crippen LogP contribution in [0.2, 0.25) is 0 Å². The SMILES string of the molecule is Cc1cc(CCNc2ccc(Br)cn2)ccc1F. The number of halogens is 2. The minimum absolute atomic E-state index is 0.152. The molecule has 0 saturated carbocycles. The fourth-order valence-electron chi connectivity index (χ4n) is 1.68. The van der Waals surface area contributed by atoms with Gasteiger partial charge in [-0.25, -0.2) is 9.37 Å². The summed E-state index contributed by atoms with van der Waals surface area (Å²) in [5, 5.41) is 3.23. The molecule has 0 fully saturated rings. The summed E-state index contributed by atoms with van der Waals surface area (Å²) in [5.41, 5.74) is 1.81. The first-order valence-electron chi connectivity index (χ1n) is 5.75. The van der Waals surface area contributed by atoms with E-state index in [9.17, 15) is 4.39 Å². The number of benzene rings is 1. The minimum atomic E-state index is -0.152. The molecular formula is C14H14BrFN2. The van der Waals surface area contributed by atoms with Crippen LogP contribution >= 0.6 is 15.9 Å². The highest BCUT2D eigenvalue weighted by molar-refractivity contribution is 9.10. The highest BCUT2D eigenvalue weighted by Gasteiger charge is 1.99. The van der Waals surface area contributed by atoms with Gasteiger partial charge in [-0.15, -0.1) is 0 Å². The van der Waals surface area contributed by atoms with Gasteiger partial charge in [-0.05, 0) is 58.6 Å². The Hall–Kier alpha value is -1.42. The highest BCUT2D eigenvalue weighted by Crippen LogP contribution is 2.12. The van der Waals surface area contributed by atoms with Gasteiger partial charge in [0, 0.05) is 17.2 Å². The highest BCUT2D eigenvalue weighted by atomic mass is 79.9. The van der Waals surface area contributed by atoms with Crippen molar-refractivity contribution in [2.24, 2.45) is 0 Å². The lowest BCUT2D eigenvalue weighted by atomic mass is 10.1. The lowest BCUT2D eigenvalue weighted by Crippen LogP contribution is -2.06. The molecule has 1 N–H and O–H groups in total. The van der Waals surface area contributed by atoms with E-state index in [1.165, 1.54) is 6.07 Å². The molecule has 0 aliphatic rings. The standard InChI is InChI=1S/C14H14BrFN2/c1-10-8-11(2-4-13(10)16)6-7-17-14-5-3-12(15)9-18-14/h2-5,8-9H,6-7H2,1H3,(H,17,18). The zero-order valence-electron chi connectivity index (χ0n) is 10.1. The molecule has 2 nitrogen and oxygen atoms in total. The van der Waals surface area contributed by atoms with Crippen LogP contribution in [0.25, 0.3) is 0 Å². The van der Waals surface area contributed by atoms with E-state index in [0.29, 0.717) is 5.56 Å². The van der Waals surface area contributed by atoms with Gasteiger partial charge in [0.1, 0.15) is 11.6 Å². The number of hydrogen-bond acceptors (Lipinski definition) is 2. The molecule has 0 amide bonds. The molecule has 1 aromatic heterocycles. The van der Waals surface area contributed by atoms with Crippen LogP contribution in [-0.4, -0.2) is 11.5 Å². The number of nitrogens with zero attached hydrogens (tertiary/aromatic N) is 1. The summed E-state index contributed by atoms with van der Waals surface area (Å²) in [5.74, 6) is 0.693. The Labute approximate surface area is 114 Å². The average Bonchev–Trinajstić information content (AvgIpc) is 2.36. The molecule has 2 rings (SSSR count). The monoisotopic (exact) mass is 308 g/mol. The molecule has 18 heavy (non-hydrogen) atoms. The number of pyridine rings is 1. The summed E-state index contributed by atoms with van der Waals surface area (Å²) in [6.07, 6.45) is 2.60. The number of nitrogens with one attached hydrogen (secondary N) is 1. The molecular weight excluding hydrogens is 295 g/mol. The lowest BCUT2D eigenvalue weighted by molar-refractivity contribution is 0.617. The molecule has 0 bridgehead atoms. The van der Waals surface area contributed by atoms with Crippen LogP contribution in [0.1, 0.15) is 11.1 Å². The molecule has 0 atom stereocenters. The molecule has 1 heterocycles. The first-order valence-corrected chi connectivity index (χ1v) is 6.55. The van der Waals surface area contributed by atoms with Crippen molar-refractivity contribution in [1.82, 2.24) is 4.98 Å². The Morgan fingerprint density at radius 1 is 1.28 bits per heavy atom. The molecule has 2 aromatic rings. The van der Waals surface area contributed by atoms with E-state index in [4.69, 9.17) is 0 Å². The van der Waals surface area contributed by atoms with Crippen molar-refractivity contribution in [3.8, 4) is 0 Å². The number of aryl methyl sites for hydroxylation is 1. The van der Waals surface area contributed by atoms with Crippen LogP contribution < -0.4 is 5.32 Å². The summed E-state index contributed by atoms with van der Waals surface area (Å²) in [6, 6.07) is 9.07. The van der Waals surface area contributed by atoms with Crippen molar-refractivity contribution in [1.29, 1.82) is 0 Å². The van der Waals surface area contributed by atoms with E-state index >= 15 is 0 Å². The number of hydrogen-bond donors (Lipinski definition) is 1. The predicted octanol–water partition coefficient (Wildman–Crippen LogP) is 3.95. The third-order valence-electron chi connectivity index (χ3n) is 2.67. The quantitative estimate of drug-likeness (QED) is 0.925. The Morgan fingerprint density at radius 3 is 2.78 bits per heavy atom. The summed E-state index contributed by atoms with van der Waals surface area (Å²) in [7, 11) is 0. The van der Waals surface area contributed by atoms with Gasteiger partial charge in [0.15, 0.2) is 0 Å². The lowest BCUT2D eigenvalue weighted by Gasteiger charge is -2.06. The van der Waals surface area contributed by atoms with E-state index in [2.05, 4.69) is 26.2 Å². The Balaban J connectivity index is 1.88.